The van der Waals surface area contributed by atoms with Gasteiger partial charge in [-0.25, -0.2) is 17.6 Å². The van der Waals surface area contributed by atoms with Gasteiger partial charge in [-0.1, -0.05) is 49.7 Å². The highest BCUT2D eigenvalue weighted by molar-refractivity contribution is 6.09. The maximum atomic E-state index is 15.1. The normalized spacial score (nSPS) is 11.4. The minimum absolute atomic E-state index is 0.0299. The standard InChI is InChI=1S/C23H16F4/c1-2-4-13-7-8-17-18-10-9-16(14-5-3-6-15(24)12-14)21(25)20(18)23(27)22(26)19(17)11-13/h3,5-12H,2,4H2,1H3. The molecule has 27 heavy (non-hydrogen) atoms. The predicted octanol–water partition coefficient (Wildman–Crippen LogP) is 7.17. The molecule has 0 radical (unpaired) electrons. The van der Waals surface area contributed by atoms with Crippen LogP contribution in [0, 0.1) is 23.3 Å². The molecule has 0 bridgehead atoms. The minimum Gasteiger partial charge on any atom is -0.207 e. The van der Waals surface area contributed by atoms with Crippen LogP contribution in [0.5, 0.6) is 0 Å². The van der Waals surface area contributed by atoms with Crippen LogP contribution in [0.3, 0.4) is 0 Å². The van der Waals surface area contributed by atoms with Crippen LogP contribution < -0.4 is 0 Å². The van der Waals surface area contributed by atoms with Crippen LogP contribution in [0.25, 0.3) is 32.7 Å². The van der Waals surface area contributed by atoms with Gasteiger partial charge in [-0.2, -0.15) is 0 Å². The van der Waals surface area contributed by atoms with Crippen LogP contribution in [0.2, 0.25) is 0 Å². The molecule has 0 nitrogen and oxygen atoms in total. The summed E-state index contributed by atoms with van der Waals surface area (Å²) in [4.78, 5) is 0. The molecule has 0 unspecified atom stereocenters. The molecule has 0 aromatic heterocycles. The van der Waals surface area contributed by atoms with Crippen LogP contribution in [0.1, 0.15) is 18.9 Å². The Balaban J connectivity index is 2.05. The summed E-state index contributed by atoms with van der Waals surface area (Å²) in [5, 5.41) is 0.479. The van der Waals surface area contributed by atoms with Gasteiger partial charge in [-0.15, -0.1) is 0 Å². The highest BCUT2D eigenvalue weighted by atomic mass is 19.2. The molecule has 0 saturated heterocycles. The maximum absolute atomic E-state index is 15.1. The van der Waals surface area contributed by atoms with Gasteiger partial charge in [0, 0.05) is 10.9 Å². The summed E-state index contributed by atoms with van der Waals surface area (Å²) in [7, 11) is 0. The Morgan fingerprint density at radius 2 is 1.48 bits per heavy atom. The highest BCUT2D eigenvalue weighted by Gasteiger charge is 2.20. The summed E-state index contributed by atoms with van der Waals surface area (Å²) < 4.78 is 58.1. The number of aryl methyl sites for hydroxylation is 1. The lowest BCUT2D eigenvalue weighted by atomic mass is 9.94. The van der Waals surface area contributed by atoms with Crippen LogP contribution in [0.4, 0.5) is 17.6 Å². The number of halogens is 4. The van der Waals surface area contributed by atoms with Crippen LogP contribution in [-0.2, 0) is 6.42 Å². The Labute approximate surface area is 154 Å². The monoisotopic (exact) mass is 368 g/mol. The molecule has 0 N–H and O–H groups in total. The largest absolute Gasteiger partial charge is 0.207 e. The number of rotatable bonds is 3. The summed E-state index contributed by atoms with van der Waals surface area (Å²) in [5.74, 6) is -3.71. The van der Waals surface area contributed by atoms with Gasteiger partial charge < -0.3 is 0 Å². The number of hydrogen-bond acceptors (Lipinski definition) is 0. The molecule has 136 valence electrons. The molecular weight excluding hydrogens is 352 g/mol. The van der Waals surface area contributed by atoms with Crippen molar-refractivity contribution in [3.8, 4) is 11.1 Å². The van der Waals surface area contributed by atoms with E-state index in [9.17, 15) is 13.2 Å². The molecule has 4 heteroatoms. The molecule has 0 aliphatic carbocycles. The Hall–Kier alpha value is -2.88. The van der Waals surface area contributed by atoms with Crippen LogP contribution >= 0.6 is 0 Å². The second kappa shape index (κ2) is 6.69. The van der Waals surface area contributed by atoms with Gasteiger partial charge in [0.15, 0.2) is 11.6 Å². The van der Waals surface area contributed by atoms with E-state index in [0.29, 0.717) is 10.8 Å². The van der Waals surface area contributed by atoms with E-state index >= 15 is 4.39 Å². The van der Waals surface area contributed by atoms with Crippen molar-refractivity contribution < 1.29 is 17.6 Å². The average molecular weight is 368 g/mol. The molecule has 0 atom stereocenters. The Kier molecular flexibility index (Phi) is 4.34. The average Bonchev–Trinajstić information content (AvgIpc) is 2.66. The number of benzene rings is 4. The molecule has 0 heterocycles. The smallest absolute Gasteiger partial charge is 0.170 e. The molecule has 0 saturated carbocycles. The Bertz CT molecular complexity index is 1180. The molecule has 0 fully saturated rings. The lowest BCUT2D eigenvalue weighted by molar-refractivity contribution is 0.520. The molecule has 4 aromatic rings. The van der Waals surface area contributed by atoms with E-state index in [1.54, 1.807) is 18.2 Å². The van der Waals surface area contributed by atoms with Crippen molar-refractivity contribution in [3.05, 3.63) is 83.4 Å². The van der Waals surface area contributed by atoms with Crippen LogP contribution in [0.15, 0.2) is 54.6 Å². The second-order valence-electron chi connectivity index (χ2n) is 6.62. The van der Waals surface area contributed by atoms with Crippen LogP contribution in [-0.4, -0.2) is 0 Å². The quantitative estimate of drug-likeness (QED) is 0.266. The first-order valence-corrected chi connectivity index (χ1v) is 8.79. The third-order valence-electron chi connectivity index (χ3n) is 4.84. The Morgan fingerprint density at radius 1 is 0.704 bits per heavy atom. The van der Waals surface area contributed by atoms with Crippen molar-refractivity contribution in [1.82, 2.24) is 0 Å². The minimum atomic E-state index is -1.22. The van der Waals surface area contributed by atoms with Gasteiger partial charge in [0.05, 0.1) is 5.39 Å². The summed E-state index contributed by atoms with van der Waals surface area (Å²) in [6, 6.07) is 13.6. The topological polar surface area (TPSA) is 0 Å². The first-order valence-electron chi connectivity index (χ1n) is 8.79. The molecule has 0 spiro atoms. The molecule has 0 aliphatic rings. The maximum Gasteiger partial charge on any atom is 0.170 e. The SMILES string of the molecule is CCCc1ccc2c(c1)c(F)c(F)c1c(F)c(-c3cccc(F)c3)ccc12. The molecule has 0 aliphatic heterocycles. The van der Waals surface area contributed by atoms with E-state index in [4.69, 9.17) is 0 Å². The van der Waals surface area contributed by atoms with E-state index in [1.807, 2.05) is 13.0 Å². The van der Waals surface area contributed by atoms with Gasteiger partial charge >= 0.3 is 0 Å². The summed E-state index contributed by atoms with van der Waals surface area (Å²) in [5.41, 5.74) is 1.20. The van der Waals surface area contributed by atoms with E-state index in [2.05, 4.69) is 0 Å². The van der Waals surface area contributed by atoms with Crippen molar-refractivity contribution in [2.24, 2.45) is 0 Å². The van der Waals surface area contributed by atoms with Crippen molar-refractivity contribution in [2.45, 2.75) is 19.8 Å². The number of hydrogen-bond donors (Lipinski definition) is 0. The third-order valence-corrected chi connectivity index (χ3v) is 4.84. The van der Waals surface area contributed by atoms with Crippen molar-refractivity contribution in [1.29, 1.82) is 0 Å². The Morgan fingerprint density at radius 3 is 2.22 bits per heavy atom. The first-order chi connectivity index (χ1) is 13.0. The van der Waals surface area contributed by atoms with E-state index in [-0.39, 0.29) is 16.5 Å². The van der Waals surface area contributed by atoms with Crippen molar-refractivity contribution >= 4 is 21.5 Å². The molecule has 4 aromatic carbocycles. The van der Waals surface area contributed by atoms with Gasteiger partial charge in [0.25, 0.3) is 0 Å². The van der Waals surface area contributed by atoms with Crippen molar-refractivity contribution in [3.63, 3.8) is 0 Å². The lowest BCUT2D eigenvalue weighted by Gasteiger charge is -2.12. The van der Waals surface area contributed by atoms with E-state index in [0.717, 1.165) is 24.5 Å². The fourth-order valence-electron chi connectivity index (χ4n) is 3.57. The van der Waals surface area contributed by atoms with Gasteiger partial charge in [-0.05, 0) is 46.5 Å². The summed E-state index contributed by atoms with van der Waals surface area (Å²) >= 11 is 0. The zero-order valence-corrected chi connectivity index (χ0v) is 14.6. The van der Waals surface area contributed by atoms with Gasteiger partial charge in [-0.3, -0.25) is 0 Å². The van der Waals surface area contributed by atoms with Crippen molar-refractivity contribution in [2.75, 3.05) is 0 Å². The first kappa shape index (κ1) is 17.5. The number of fused-ring (bicyclic) bond motifs is 3. The van der Waals surface area contributed by atoms with E-state index < -0.39 is 28.7 Å². The van der Waals surface area contributed by atoms with E-state index in [1.165, 1.54) is 24.3 Å². The summed E-state index contributed by atoms with van der Waals surface area (Å²) in [6.07, 6.45) is 1.64. The zero-order valence-electron chi connectivity index (χ0n) is 14.6. The fraction of sp³-hybridized carbons (Fsp3) is 0.130. The molecule has 0 amide bonds. The highest BCUT2D eigenvalue weighted by Crippen LogP contribution is 2.37. The third kappa shape index (κ3) is 2.85. The summed E-state index contributed by atoms with van der Waals surface area (Å²) in [6.45, 7) is 2.00. The second-order valence-corrected chi connectivity index (χ2v) is 6.62. The molecular formula is C23H16F4. The zero-order chi connectivity index (χ0) is 19.1. The predicted molar refractivity (Wildman–Crippen MR) is 101 cm³/mol. The fourth-order valence-corrected chi connectivity index (χ4v) is 3.57. The lowest BCUT2D eigenvalue weighted by Crippen LogP contribution is -1.97. The van der Waals surface area contributed by atoms with Gasteiger partial charge in [0.1, 0.15) is 11.6 Å². The van der Waals surface area contributed by atoms with Gasteiger partial charge in [0.2, 0.25) is 0 Å². The molecule has 4 rings (SSSR count).